The fraction of sp³-hybridized carbons (Fsp3) is 0.391. The summed E-state index contributed by atoms with van der Waals surface area (Å²) in [5.41, 5.74) is 2.26. The highest BCUT2D eigenvalue weighted by Gasteiger charge is 2.37. The molecule has 1 saturated carbocycles. The van der Waals surface area contributed by atoms with Crippen LogP contribution in [0.3, 0.4) is 0 Å². The predicted octanol–water partition coefficient (Wildman–Crippen LogP) is 1.86. The molecule has 2 N–H and O–H groups in total. The second kappa shape index (κ2) is 10.7. The molecule has 2 heterocycles. The standard InChI is InChI=1S/C23H26N4O6S2/c1-32-9-10-35(30,31)21(22(29)25-13-19(28)26-16-4-5-16)23-27-17-11-14(3-6-18(17)34-23)15-7-8-24-20(12-15)33-2/h3,6-8,11-12,16,21H,4-5,9-10,13H2,1-2H3,(H,25,29)(H,26,28). The number of fused-ring (bicyclic) bond motifs is 1. The molecule has 0 spiro atoms. The van der Waals surface area contributed by atoms with E-state index >= 15 is 0 Å². The number of aromatic nitrogens is 2. The number of pyridine rings is 1. The number of rotatable bonds is 11. The molecule has 35 heavy (non-hydrogen) atoms. The number of sulfone groups is 1. The summed E-state index contributed by atoms with van der Waals surface area (Å²) in [5.74, 6) is -1.03. The first-order chi connectivity index (χ1) is 16.8. The number of nitrogens with one attached hydrogen (secondary N) is 2. The van der Waals surface area contributed by atoms with E-state index in [0.717, 1.165) is 40.0 Å². The average molecular weight is 519 g/mol. The van der Waals surface area contributed by atoms with Gasteiger partial charge < -0.3 is 20.1 Å². The summed E-state index contributed by atoms with van der Waals surface area (Å²) >= 11 is 1.13. The topological polar surface area (TPSA) is 137 Å². The zero-order chi connectivity index (χ0) is 25.0. The lowest BCUT2D eigenvalue weighted by Gasteiger charge is -2.15. The van der Waals surface area contributed by atoms with Gasteiger partial charge in [0.2, 0.25) is 17.7 Å². The molecule has 1 aliphatic rings. The van der Waals surface area contributed by atoms with E-state index in [4.69, 9.17) is 9.47 Å². The average Bonchev–Trinajstić information content (AvgIpc) is 3.56. The number of carbonyl (C=O) groups is 2. The quantitative estimate of drug-likeness (QED) is 0.393. The second-order valence-electron chi connectivity index (χ2n) is 8.12. The molecule has 2 aromatic heterocycles. The fourth-order valence-electron chi connectivity index (χ4n) is 3.45. The molecular formula is C23H26N4O6S2. The van der Waals surface area contributed by atoms with E-state index in [1.165, 1.54) is 14.2 Å². The van der Waals surface area contributed by atoms with Crippen molar-refractivity contribution in [2.24, 2.45) is 0 Å². The van der Waals surface area contributed by atoms with Crippen LogP contribution in [0, 0.1) is 0 Å². The van der Waals surface area contributed by atoms with Crippen LogP contribution in [0.15, 0.2) is 36.5 Å². The summed E-state index contributed by atoms with van der Waals surface area (Å²) in [7, 11) is -1.04. The van der Waals surface area contributed by atoms with Crippen LogP contribution < -0.4 is 15.4 Å². The summed E-state index contributed by atoms with van der Waals surface area (Å²) in [6.07, 6.45) is 3.45. The molecule has 3 aromatic rings. The number of carbonyl (C=O) groups excluding carboxylic acids is 2. The van der Waals surface area contributed by atoms with E-state index < -0.39 is 21.0 Å². The van der Waals surface area contributed by atoms with Crippen LogP contribution in [-0.2, 0) is 24.2 Å². The number of methoxy groups -OCH3 is 2. The van der Waals surface area contributed by atoms with E-state index in [-0.39, 0.29) is 35.9 Å². The normalized spacial score (nSPS) is 14.5. The molecule has 1 atom stereocenters. The minimum atomic E-state index is -3.96. The number of hydrogen-bond donors (Lipinski definition) is 2. The Labute approximate surface area is 207 Å². The van der Waals surface area contributed by atoms with Crippen molar-refractivity contribution >= 4 is 43.2 Å². The summed E-state index contributed by atoms with van der Waals surface area (Å²) in [4.78, 5) is 33.7. The molecule has 12 heteroatoms. The largest absolute Gasteiger partial charge is 0.481 e. The van der Waals surface area contributed by atoms with E-state index in [1.807, 2.05) is 24.3 Å². The SMILES string of the molecule is COCCS(=O)(=O)C(C(=O)NCC(=O)NC1CC1)c1nc2cc(-c3ccnc(OC)c3)ccc2s1. The maximum Gasteiger partial charge on any atom is 0.245 e. The molecule has 0 radical (unpaired) electrons. The molecule has 0 saturated heterocycles. The molecule has 1 aliphatic carbocycles. The number of benzene rings is 1. The molecule has 1 fully saturated rings. The summed E-state index contributed by atoms with van der Waals surface area (Å²) < 4.78 is 37.1. The van der Waals surface area contributed by atoms with Crippen molar-refractivity contribution in [1.29, 1.82) is 0 Å². The second-order valence-corrected chi connectivity index (χ2v) is 11.4. The van der Waals surface area contributed by atoms with Crippen molar-refractivity contribution in [2.45, 2.75) is 24.1 Å². The van der Waals surface area contributed by atoms with Gasteiger partial charge in [-0.15, -0.1) is 11.3 Å². The van der Waals surface area contributed by atoms with Gasteiger partial charge in [0.15, 0.2) is 15.1 Å². The predicted molar refractivity (Wildman–Crippen MR) is 132 cm³/mol. The van der Waals surface area contributed by atoms with Crippen molar-refractivity contribution in [3.05, 3.63) is 41.5 Å². The molecule has 0 aliphatic heterocycles. The van der Waals surface area contributed by atoms with Crippen molar-refractivity contribution in [1.82, 2.24) is 20.6 Å². The molecule has 1 unspecified atom stereocenters. The monoisotopic (exact) mass is 518 g/mol. The summed E-state index contributed by atoms with van der Waals surface area (Å²) in [5, 5.41) is 3.82. The Morgan fingerprint density at radius 3 is 2.66 bits per heavy atom. The third-order valence-electron chi connectivity index (χ3n) is 5.44. The maximum absolute atomic E-state index is 13.1. The Balaban J connectivity index is 1.63. The lowest BCUT2D eigenvalue weighted by Crippen LogP contribution is -2.41. The van der Waals surface area contributed by atoms with Crippen LogP contribution >= 0.6 is 11.3 Å². The smallest absolute Gasteiger partial charge is 0.245 e. The molecule has 2 amide bonds. The van der Waals surface area contributed by atoms with Crippen LogP contribution in [0.1, 0.15) is 23.1 Å². The minimum Gasteiger partial charge on any atom is -0.481 e. The van der Waals surface area contributed by atoms with E-state index in [1.54, 1.807) is 12.3 Å². The number of amides is 2. The Bertz CT molecular complexity index is 1340. The number of thiazole rings is 1. The van der Waals surface area contributed by atoms with Crippen LogP contribution in [0.5, 0.6) is 5.88 Å². The lowest BCUT2D eigenvalue weighted by molar-refractivity contribution is -0.126. The molecule has 1 aromatic carbocycles. The summed E-state index contributed by atoms with van der Waals surface area (Å²) in [6, 6.07) is 9.29. The van der Waals surface area contributed by atoms with Gasteiger partial charge in [-0.1, -0.05) is 6.07 Å². The maximum atomic E-state index is 13.1. The zero-order valence-electron chi connectivity index (χ0n) is 19.3. The van der Waals surface area contributed by atoms with Crippen LogP contribution in [0.25, 0.3) is 21.3 Å². The molecule has 10 nitrogen and oxygen atoms in total. The third kappa shape index (κ3) is 6.13. The Morgan fingerprint density at radius 2 is 1.94 bits per heavy atom. The molecule has 4 rings (SSSR count). The number of ether oxygens (including phenoxy) is 2. The highest BCUT2D eigenvalue weighted by molar-refractivity contribution is 7.92. The number of nitrogens with zero attached hydrogens (tertiary/aromatic N) is 2. The van der Waals surface area contributed by atoms with Gasteiger partial charge in [0.1, 0.15) is 5.01 Å². The minimum absolute atomic E-state index is 0.0623. The van der Waals surface area contributed by atoms with Gasteiger partial charge in [-0.05, 0) is 42.2 Å². The first kappa shape index (κ1) is 25.0. The first-order valence-corrected chi connectivity index (χ1v) is 13.5. The van der Waals surface area contributed by atoms with Crippen molar-refractivity contribution in [2.75, 3.05) is 33.1 Å². The van der Waals surface area contributed by atoms with Gasteiger partial charge in [0.25, 0.3) is 0 Å². The van der Waals surface area contributed by atoms with Gasteiger partial charge in [-0.2, -0.15) is 0 Å². The first-order valence-electron chi connectivity index (χ1n) is 11.0. The van der Waals surface area contributed by atoms with Gasteiger partial charge in [-0.3, -0.25) is 9.59 Å². The molecule has 0 bridgehead atoms. The summed E-state index contributed by atoms with van der Waals surface area (Å²) in [6.45, 7) is -0.363. The van der Waals surface area contributed by atoms with Crippen molar-refractivity contribution in [3.8, 4) is 17.0 Å². The molecule has 186 valence electrons. The van der Waals surface area contributed by atoms with E-state index in [2.05, 4.69) is 20.6 Å². The van der Waals surface area contributed by atoms with Gasteiger partial charge >= 0.3 is 0 Å². The van der Waals surface area contributed by atoms with Crippen LogP contribution in [0.4, 0.5) is 0 Å². The third-order valence-corrected chi connectivity index (χ3v) is 8.58. The zero-order valence-corrected chi connectivity index (χ0v) is 20.9. The Morgan fingerprint density at radius 1 is 1.17 bits per heavy atom. The van der Waals surface area contributed by atoms with Gasteiger partial charge in [0.05, 0.1) is 36.2 Å². The van der Waals surface area contributed by atoms with Crippen molar-refractivity contribution in [3.63, 3.8) is 0 Å². The number of hydrogen-bond acceptors (Lipinski definition) is 9. The van der Waals surface area contributed by atoms with Crippen molar-refractivity contribution < 1.29 is 27.5 Å². The lowest BCUT2D eigenvalue weighted by atomic mass is 10.1. The highest BCUT2D eigenvalue weighted by atomic mass is 32.2. The van der Waals surface area contributed by atoms with Crippen LogP contribution in [0.2, 0.25) is 0 Å². The van der Waals surface area contributed by atoms with E-state index in [9.17, 15) is 18.0 Å². The highest BCUT2D eigenvalue weighted by Crippen LogP contribution is 2.34. The van der Waals surface area contributed by atoms with E-state index in [0.29, 0.717) is 11.4 Å². The van der Waals surface area contributed by atoms with Crippen LogP contribution in [-0.4, -0.2) is 69.4 Å². The Kier molecular flexibility index (Phi) is 7.63. The fourth-order valence-corrected chi connectivity index (χ4v) is 6.37. The van der Waals surface area contributed by atoms with Gasteiger partial charge in [0, 0.05) is 25.4 Å². The molecular weight excluding hydrogens is 492 g/mol. The Hall–Kier alpha value is -3.09. The van der Waals surface area contributed by atoms with Gasteiger partial charge in [-0.25, -0.2) is 18.4 Å².